The Morgan fingerprint density at radius 2 is 1.68 bits per heavy atom. The highest BCUT2D eigenvalue weighted by Gasteiger charge is 2.78. The van der Waals surface area contributed by atoms with Crippen LogP contribution in [-0.4, -0.2) is 76.7 Å². The van der Waals surface area contributed by atoms with Crippen LogP contribution in [0, 0.1) is 17.3 Å². The maximum atomic E-state index is 13.7. The van der Waals surface area contributed by atoms with Crippen molar-refractivity contribution in [3.63, 3.8) is 0 Å². The molecule has 0 aromatic rings. The normalized spacial score (nSPS) is 60.0. The van der Waals surface area contributed by atoms with Gasteiger partial charge in [0, 0.05) is 23.0 Å². The minimum absolute atomic E-state index is 0.113. The quantitative estimate of drug-likeness (QED) is 0.509. The Morgan fingerprint density at radius 1 is 0.964 bits per heavy atom. The SMILES string of the molecule is C[C@@H]1O[C@H]2C3=C(C(=O)[C@@H]4OC4[C@H]3O)C1[C@H]1[C@H](C)OC=C3[C@H](O)C4O[C@H]4C(=O)[C@]321. The Hall–Kier alpha value is -1.58. The average Bonchev–Trinajstić information content (AvgIpc) is 3.57. The fraction of sp³-hybridized carbons (Fsp3) is 0.700. The van der Waals surface area contributed by atoms with Crippen LogP contribution in [0.1, 0.15) is 13.8 Å². The van der Waals surface area contributed by atoms with Crippen LogP contribution in [-0.2, 0) is 28.5 Å². The van der Waals surface area contributed by atoms with Crippen LogP contribution in [0.3, 0.4) is 0 Å². The van der Waals surface area contributed by atoms with Crippen LogP contribution in [0.25, 0.3) is 0 Å². The summed E-state index contributed by atoms with van der Waals surface area (Å²) in [7, 11) is 0. The van der Waals surface area contributed by atoms with E-state index in [0.717, 1.165) is 0 Å². The van der Waals surface area contributed by atoms with Gasteiger partial charge in [-0.25, -0.2) is 0 Å². The van der Waals surface area contributed by atoms with Gasteiger partial charge >= 0.3 is 0 Å². The predicted octanol–water partition coefficient (Wildman–Crippen LogP) is -0.973. The molecule has 1 saturated carbocycles. The molecule has 0 amide bonds. The molecule has 0 aromatic heterocycles. The summed E-state index contributed by atoms with van der Waals surface area (Å²) >= 11 is 0. The molecule has 28 heavy (non-hydrogen) atoms. The lowest BCUT2D eigenvalue weighted by Crippen LogP contribution is -2.72. The van der Waals surface area contributed by atoms with Gasteiger partial charge in [-0.3, -0.25) is 9.59 Å². The van der Waals surface area contributed by atoms with Crippen molar-refractivity contribution >= 4 is 11.6 Å². The third kappa shape index (κ3) is 1.47. The van der Waals surface area contributed by atoms with E-state index in [1.54, 1.807) is 0 Å². The van der Waals surface area contributed by atoms with Crippen LogP contribution in [0.15, 0.2) is 23.0 Å². The second-order valence-electron chi connectivity index (χ2n) is 9.09. The van der Waals surface area contributed by atoms with Gasteiger partial charge in [0.25, 0.3) is 0 Å². The number of ether oxygens (including phenoxy) is 4. The van der Waals surface area contributed by atoms with E-state index in [0.29, 0.717) is 16.7 Å². The number of aliphatic hydroxyl groups is 2. The summed E-state index contributed by atoms with van der Waals surface area (Å²) in [4.78, 5) is 26.7. The summed E-state index contributed by atoms with van der Waals surface area (Å²) in [5.74, 6) is -1.05. The number of ketones is 2. The average molecular weight is 388 g/mol. The van der Waals surface area contributed by atoms with Crippen molar-refractivity contribution in [3.8, 4) is 0 Å². The van der Waals surface area contributed by atoms with E-state index < -0.39 is 54.1 Å². The van der Waals surface area contributed by atoms with Gasteiger partial charge in [-0.15, -0.1) is 0 Å². The Morgan fingerprint density at radius 3 is 2.46 bits per heavy atom. The van der Waals surface area contributed by atoms with E-state index in [9.17, 15) is 19.8 Å². The van der Waals surface area contributed by atoms with Gasteiger partial charge < -0.3 is 29.2 Å². The number of Topliss-reactive ketones (excluding diaryl/α,β-unsaturated/α-hetero) is 2. The number of aliphatic hydroxyl groups excluding tert-OH is 2. The summed E-state index contributed by atoms with van der Waals surface area (Å²) in [6.07, 6.45) is -4.40. The van der Waals surface area contributed by atoms with Gasteiger partial charge in [-0.1, -0.05) is 0 Å². The van der Waals surface area contributed by atoms with Crippen molar-refractivity contribution in [2.24, 2.45) is 17.3 Å². The molecule has 2 bridgehead atoms. The fourth-order valence-corrected chi connectivity index (χ4v) is 6.86. The van der Waals surface area contributed by atoms with Crippen molar-refractivity contribution < 1.29 is 38.7 Å². The molecule has 3 saturated heterocycles. The molecule has 2 N–H and O–H groups in total. The number of hydrogen-bond acceptors (Lipinski definition) is 8. The molecule has 8 rings (SSSR count). The first kappa shape index (κ1) is 16.2. The van der Waals surface area contributed by atoms with E-state index in [4.69, 9.17) is 18.9 Å². The summed E-state index contributed by atoms with van der Waals surface area (Å²) in [5.41, 5.74) is 0.269. The Balaban J connectivity index is 1.52. The Kier molecular flexibility index (Phi) is 2.67. The van der Waals surface area contributed by atoms with Gasteiger partial charge in [0.2, 0.25) is 0 Å². The molecular formula is C20H20O8. The van der Waals surface area contributed by atoms with Crippen LogP contribution >= 0.6 is 0 Å². The highest BCUT2D eigenvalue weighted by molar-refractivity contribution is 6.06. The van der Waals surface area contributed by atoms with Crippen molar-refractivity contribution in [2.45, 2.75) is 68.8 Å². The van der Waals surface area contributed by atoms with E-state index >= 15 is 0 Å². The van der Waals surface area contributed by atoms with Crippen LogP contribution in [0.2, 0.25) is 0 Å². The third-order valence-electron chi connectivity index (χ3n) is 8.00. The van der Waals surface area contributed by atoms with Crippen molar-refractivity contribution in [2.75, 3.05) is 0 Å². The zero-order valence-corrected chi connectivity index (χ0v) is 15.3. The maximum absolute atomic E-state index is 13.7. The number of rotatable bonds is 0. The molecule has 8 aliphatic rings. The predicted molar refractivity (Wildman–Crippen MR) is 88.8 cm³/mol. The number of hydrogen-bond donors (Lipinski definition) is 2. The first-order chi connectivity index (χ1) is 13.4. The van der Waals surface area contributed by atoms with Crippen LogP contribution in [0.4, 0.5) is 0 Å². The van der Waals surface area contributed by atoms with Gasteiger partial charge in [0.15, 0.2) is 11.6 Å². The monoisotopic (exact) mass is 388 g/mol. The molecule has 8 nitrogen and oxygen atoms in total. The van der Waals surface area contributed by atoms with Gasteiger partial charge in [-0.05, 0) is 19.4 Å². The minimum Gasteiger partial charge on any atom is -0.498 e. The molecule has 3 unspecified atom stereocenters. The van der Waals surface area contributed by atoms with E-state index in [1.165, 1.54) is 6.26 Å². The van der Waals surface area contributed by atoms with Crippen molar-refractivity contribution in [1.29, 1.82) is 0 Å². The Bertz CT molecular complexity index is 921. The summed E-state index contributed by atoms with van der Waals surface area (Å²) in [6.45, 7) is 3.77. The number of carbonyl (C=O) groups is 2. The van der Waals surface area contributed by atoms with Crippen molar-refractivity contribution in [3.05, 3.63) is 23.0 Å². The lowest BCUT2D eigenvalue weighted by molar-refractivity contribution is -0.210. The molecule has 12 atom stereocenters. The number of carbonyl (C=O) groups excluding carboxylic acids is 2. The summed E-state index contributed by atoms with van der Waals surface area (Å²) in [5, 5.41) is 21.8. The molecular weight excluding hydrogens is 368 g/mol. The first-order valence-electron chi connectivity index (χ1n) is 9.90. The molecule has 0 aromatic carbocycles. The summed E-state index contributed by atoms with van der Waals surface area (Å²) in [6, 6.07) is 0. The van der Waals surface area contributed by atoms with E-state index in [1.807, 2.05) is 13.8 Å². The lowest BCUT2D eigenvalue weighted by atomic mass is 9.45. The smallest absolute Gasteiger partial charge is 0.190 e. The number of fused-ring (bicyclic) bond motifs is 3. The molecule has 148 valence electrons. The second kappa shape index (κ2) is 4.60. The molecule has 5 heterocycles. The van der Waals surface area contributed by atoms with Crippen LogP contribution in [0.5, 0.6) is 0 Å². The van der Waals surface area contributed by atoms with Gasteiger partial charge in [0.05, 0.1) is 30.0 Å². The molecule has 4 fully saturated rings. The lowest BCUT2D eigenvalue weighted by Gasteiger charge is -2.63. The van der Waals surface area contributed by atoms with Gasteiger partial charge in [0.1, 0.15) is 36.6 Å². The first-order valence-corrected chi connectivity index (χ1v) is 9.90. The second-order valence-corrected chi connectivity index (χ2v) is 9.09. The number of epoxide rings is 2. The van der Waals surface area contributed by atoms with Crippen LogP contribution < -0.4 is 0 Å². The standard InChI is InChI=1S/C20H20O8/c1-4-7-8-9(13(23)16-15(27-16)12(8)22)19(26-4)20-6(3-25-5(2)10(7)20)11(21)14-17(28-14)18(20)24/h3-5,7,10-11,13-17,19,21,23H,1-2H3/t4-,5-,7?,10+,11-,13-,14?,15-,16?,17+,19-,20+/m0/s1. The molecule has 3 aliphatic carbocycles. The molecule has 5 aliphatic heterocycles. The van der Waals surface area contributed by atoms with E-state index in [-0.39, 0.29) is 29.7 Å². The topological polar surface area (TPSA) is 118 Å². The summed E-state index contributed by atoms with van der Waals surface area (Å²) < 4.78 is 23.1. The molecule has 1 spiro atoms. The zero-order valence-electron chi connectivity index (χ0n) is 15.3. The zero-order chi connectivity index (χ0) is 19.3. The highest BCUT2D eigenvalue weighted by Crippen LogP contribution is 2.67. The van der Waals surface area contributed by atoms with Crippen molar-refractivity contribution in [1.82, 2.24) is 0 Å². The van der Waals surface area contributed by atoms with Gasteiger partial charge in [-0.2, -0.15) is 0 Å². The largest absolute Gasteiger partial charge is 0.498 e. The maximum Gasteiger partial charge on any atom is 0.190 e. The third-order valence-corrected chi connectivity index (χ3v) is 8.00. The molecule has 8 heteroatoms. The van der Waals surface area contributed by atoms with E-state index in [2.05, 4.69) is 0 Å². The molecule has 0 radical (unpaired) electrons. The minimum atomic E-state index is -1.19. The fourth-order valence-electron chi connectivity index (χ4n) is 6.86. The highest BCUT2D eigenvalue weighted by atomic mass is 16.6. The Labute approximate surface area is 160 Å².